The largest absolute Gasteiger partial charge is 0.297 e. The van der Waals surface area contributed by atoms with Gasteiger partial charge in [0.1, 0.15) is 0 Å². The summed E-state index contributed by atoms with van der Waals surface area (Å²) >= 11 is 51.1. The van der Waals surface area contributed by atoms with Crippen LogP contribution in [0.1, 0.15) is 46.4 Å². The van der Waals surface area contributed by atoms with E-state index < -0.39 is 0 Å². The molecule has 222 valence electrons. The van der Waals surface area contributed by atoms with Crippen molar-refractivity contribution in [2.24, 2.45) is 0 Å². The van der Waals surface area contributed by atoms with Gasteiger partial charge in [0, 0.05) is 97.4 Å². The third kappa shape index (κ3) is 10.3. The van der Waals surface area contributed by atoms with Gasteiger partial charge in [-0.2, -0.15) is 0 Å². The van der Waals surface area contributed by atoms with Gasteiger partial charge in [0.25, 0.3) is 0 Å². The first kappa shape index (κ1) is 37.4. The van der Waals surface area contributed by atoms with Crippen LogP contribution >= 0.6 is 92.8 Å². The van der Waals surface area contributed by atoms with Crippen LogP contribution in [0.3, 0.4) is 0 Å². The molecule has 38 heavy (non-hydrogen) atoms. The van der Waals surface area contributed by atoms with Gasteiger partial charge in [0.15, 0.2) is 0 Å². The van der Waals surface area contributed by atoms with Crippen LogP contribution in [0.15, 0.2) is 12.1 Å². The number of hydrogen-bond acceptors (Lipinski definition) is 4. The first-order valence-corrected chi connectivity index (χ1v) is 16.9. The first-order chi connectivity index (χ1) is 18.2. The highest BCUT2D eigenvalue weighted by Crippen LogP contribution is 2.40. The maximum Gasteiger partial charge on any atom is 0.0484 e. The zero-order valence-electron chi connectivity index (χ0n) is 22.8. The molecule has 4 unspecified atom stereocenters. The van der Waals surface area contributed by atoms with Crippen molar-refractivity contribution < 1.29 is 0 Å². The quantitative estimate of drug-likeness (QED) is 0.131. The second-order valence-corrected chi connectivity index (χ2v) is 12.2. The van der Waals surface area contributed by atoms with Crippen LogP contribution in [-0.2, 0) is 0 Å². The minimum atomic E-state index is -0.0855. The summed E-state index contributed by atoms with van der Waals surface area (Å²) in [5, 5.41) is 0. The summed E-state index contributed by atoms with van der Waals surface area (Å²) in [4.78, 5) is 8.75. The number of alkyl halides is 8. The standard InChI is InChI=1S/C26H42Cl8N4/c1-35(9-5-27)23(15-31)19-13-21(25(17-33)37(3)11-7-29)22(26(18-34)38(4)12-8-30)14-20(19)24(16-32)36(2)10-6-28/h13-14,23-26H,5-12,15-18H2,1-4H3. The molecule has 0 aliphatic rings. The van der Waals surface area contributed by atoms with Gasteiger partial charge in [-0.15, -0.1) is 92.8 Å². The zero-order chi connectivity index (χ0) is 28.8. The van der Waals surface area contributed by atoms with Gasteiger partial charge in [0.2, 0.25) is 0 Å². The number of rotatable bonds is 20. The lowest BCUT2D eigenvalue weighted by Gasteiger charge is -2.38. The smallest absolute Gasteiger partial charge is 0.0484 e. The van der Waals surface area contributed by atoms with E-state index in [2.05, 4.69) is 31.7 Å². The van der Waals surface area contributed by atoms with Crippen LogP contribution in [0.2, 0.25) is 0 Å². The van der Waals surface area contributed by atoms with Crippen molar-refractivity contribution in [2.75, 3.05) is 101 Å². The molecular weight excluding hydrogens is 652 g/mol. The summed E-state index contributed by atoms with van der Waals surface area (Å²) in [5.74, 6) is 3.54. The molecule has 0 saturated heterocycles. The third-order valence-electron chi connectivity index (χ3n) is 7.19. The van der Waals surface area contributed by atoms with Crippen molar-refractivity contribution in [1.29, 1.82) is 0 Å². The average Bonchev–Trinajstić information content (AvgIpc) is 2.88. The minimum absolute atomic E-state index is 0.0855. The molecule has 0 spiro atoms. The van der Waals surface area contributed by atoms with E-state index in [1.165, 1.54) is 0 Å². The normalized spacial score (nSPS) is 15.6. The molecular formula is C26H42Cl8N4. The highest BCUT2D eigenvalue weighted by molar-refractivity contribution is 6.20. The lowest BCUT2D eigenvalue weighted by molar-refractivity contribution is 0.249. The van der Waals surface area contributed by atoms with Crippen LogP contribution in [0.4, 0.5) is 0 Å². The third-order valence-corrected chi connectivity index (χ3v) is 9.03. The van der Waals surface area contributed by atoms with Gasteiger partial charge in [-0.3, -0.25) is 19.6 Å². The van der Waals surface area contributed by atoms with Gasteiger partial charge in [0.05, 0.1) is 0 Å². The maximum absolute atomic E-state index is 6.64. The highest BCUT2D eigenvalue weighted by Gasteiger charge is 2.32. The fourth-order valence-corrected chi connectivity index (χ4v) is 7.41. The van der Waals surface area contributed by atoms with E-state index in [0.29, 0.717) is 73.2 Å². The second-order valence-electron chi connectivity index (χ2n) is 9.47. The van der Waals surface area contributed by atoms with Crippen molar-refractivity contribution in [3.05, 3.63) is 34.4 Å². The molecule has 0 aliphatic carbocycles. The molecule has 0 amide bonds. The zero-order valence-corrected chi connectivity index (χ0v) is 28.8. The Balaban J connectivity index is 4.10. The topological polar surface area (TPSA) is 13.0 Å². The summed E-state index contributed by atoms with van der Waals surface area (Å²) < 4.78 is 0. The molecule has 12 heteroatoms. The van der Waals surface area contributed by atoms with Crippen LogP contribution in [0, 0.1) is 0 Å². The Bertz CT molecular complexity index is 668. The molecule has 1 rings (SSSR count). The molecule has 4 nitrogen and oxygen atoms in total. The number of benzene rings is 1. The maximum atomic E-state index is 6.64. The van der Waals surface area contributed by atoms with Crippen molar-refractivity contribution in [2.45, 2.75) is 24.2 Å². The van der Waals surface area contributed by atoms with Gasteiger partial charge in [-0.1, -0.05) is 12.1 Å². The summed E-state index contributed by atoms with van der Waals surface area (Å²) in [6.07, 6.45) is 0. The van der Waals surface area contributed by atoms with E-state index in [0.717, 1.165) is 22.3 Å². The summed E-state index contributed by atoms with van der Waals surface area (Å²) in [6, 6.07) is 4.16. The Morgan fingerprint density at radius 3 is 0.737 bits per heavy atom. The molecule has 4 atom stereocenters. The molecule has 0 heterocycles. The van der Waals surface area contributed by atoms with Gasteiger partial charge in [-0.05, 0) is 50.4 Å². The second kappa shape index (κ2) is 20.3. The molecule has 0 N–H and O–H groups in total. The first-order valence-electron chi connectivity index (χ1n) is 12.7. The monoisotopic (exact) mass is 690 g/mol. The van der Waals surface area contributed by atoms with Crippen molar-refractivity contribution in [1.82, 2.24) is 19.6 Å². The Labute approximate surface area is 270 Å². The van der Waals surface area contributed by atoms with Crippen LogP contribution in [0.25, 0.3) is 0 Å². The number of hydrogen-bond donors (Lipinski definition) is 0. The summed E-state index contributed by atoms with van der Waals surface area (Å²) in [6.45, 7) is 2.75. The predicted octanol–water partition coefficient (Wildman–Crippen LogP) is 7.49. The molecule has 0 aliphatic heterocycles. The van der Waals surface area contributed by atoms with E-state index >= 15 is 0 Å². The predicted molar refractivity (Wildman–Crippen MR) is 174 cm³/mol. The lowest BCUT2D eigenvalue weighted by atomic mass is 9.85. The fourth-order valence-electron chi connectivity index (χ4n) is 4.73. The van der Waals surface area contributed by atoms with Crippen molar-refractivity contribution in [3.63, 3.8) is 0 Å². The van der Waals surface area contributed by atoms with Crippen LogP contribution in [-0.4, -0.2) is 121 Å². The fraction of sp³-hybridized carbons (Fsp3) is 0.769. The Morgan fingerprint density at radius 2 is 0.605 bits per heavy atom. The average molecular weight is 694 g/mol. The highest BCUT2D eigenvalue weighted by atomic mass is 35.5. The Kier molecular flexibility index (Phi) is 20.0. The minimum Gasteiger partial charge on any atom is -0.297 e. The van der Waals surface area contributed by atoms with Gasteiger partial charge >= 0.3 is 0 Å². The number of halogens is 8. The molecule has 0 saturated carbocycles. The van der Waals surface area contributed by atoms with E-state index in [9.17, 15) is 0 Å². The Morgan fingerprint density at radius 1 is 0.421 bits per heavy atom. The SMILES string of the molecule is CN(CCCl)C(CCl)c1cc(C(CCl)N(C)CCCl)c(C(CCl)N(C)CCCl)cc1C(CCl)N(C)CCCl. The molecule has 0 fully saturated rings. The molecule has 1 aromatic rings. The Hall–Kier alpha value is 1.38. The van der Waals surface area contributed by atoms with E-state index in [1.54, 1.807) is 0 Å². The molecule has 1 aromatic carbocycles. The van der Waals surface area contributed by atoms with Gasteiger partial charge in [-0.25, -0.2) is 0 Å². The summed E-state index contributed by atoms with van der Waals surface area (Å²) in [5.41, 5.74) is 4.39. The van der Waals surface area contributed by atoms with Crippen LogP contribution < -0.4 is 0 Å². The van der Waals surface area contributed by atoms with Crippen LogP contribution in [0.5, 0.6) is 0 Å². The lowest BCUT2D eigenvalue weighted by Crippen LogP contribution is -2.35. The molecule has 0 aromatic heterocycles. The van der Waals surface area contributed by atoms with E-state index in [-0.39, 0.29) is 24.2 Å². The summed E-state index contributed by atoms with van der Waals surface area (Å²) in [7, 11) is 8.16. The van der Waals surface area contributed by atoms with Crippen molar-refractivity contribution >= 4 is 92.8 Å². The molecule has 0 radical (unpaired) electrons. The van der Waals surface area contributed by atoms with Gasteiger partial charge < -0.3 is 0 Å². The number of nitrogens with zero attached hydrogens (tertiary/aromatic N) is 4. The van der Waals surface area contributed by atoms with E-state index in [1.807, 2.05) is 28.2 Å². The van der Waals surface area contributed by atoms with Crippen molar-refractivity contribution in [3.8, 4) is 0 Å². The van der Waals surface area contributed by atoms with E-state index in [4.69, 9.17) is 92.8 Å². The molecule has 0 bridgehead atoms.